The second kappa shape index (κ2) is 8.23. The van der Waals surface area contributed by atoms with E-state index in [1.54, 1.807) is 6.92 Å². The van der Waals surface area contributed by atoms with Gasteiger partial charge in [-0.25, -0.2) is 4.79 Å². The lowest BCUT2D eigenvalue weighted by molar-refractivity contribution is -0.151. The SMILES string of the molecule is CCOC(=O)C1=C(C)NC2=C(C(=O)C(C(=O)OC)C(C)C2)C1c1ccccc1C. The highest BCUT2D eigenvalue weighted by atomic mass is 16.5. The van der Waals surface area contributed by atoms with Crippen LogP contribution in [-0.4, -0.2) is 31.4 Å². The number of Topliss-reactive ketones (excluding diaryl/α,β-unsaturated/α-hetero) is 1. The molecule has 6 nitrogen and oxygen atoms in total. The molecule has 2 aliphatic rings. The molecule has 0 spiro atoms. The molecule has 1 aromatic carbocycles. The lowest BCUT2D eigenvalue weighted by Crippen LogP contribution is -2.43. The van der Waals surface area contributed by atoms with Crippen LogP contribution in [0.5, 0.6) is 0 Å². The Morgan fingerprint density at radius 3 is 2.52 bits per heavy atom. The van der Waals surface area contributed by atoms with E-state index in [2.05, 4.69) is 5.32 Å². The number of rotatable bonds is 4. The Kier molecular flexibility index (Phi) is 5.91. The Morgan fingerprint density at radius 1 is 1.21 bits per heavy atom. The molecule has 3 atom stereocenters. The summed E-state index contributed by atoms with van der Waals surface area (Å²) in [5.74, 6) is -2.95. The number of dihydropyridines is 1. The summed E-state index contributed by atoms with van der Waals surface area (Å²) in [7, 11) is 1.29. The summed E-state index contributed by atoms with van der Waals surface area (Å²) in [6.45, 7) is 7.62. The molecule has 0 aromatic heterocycles. The number of esters is 2. The first-order valence-corrected chi connectivity index (χ1v) is 9.87. The van der Waals surface area contributed by atoms with Crippen molar-refractivity contribution in [3.63, 3.8) is 0 Å². The van der Waals surface area contributed by atoms with Crippen molar-refractivity contribution in [3.05, 3.63) is 57.9 Å². The van der Waals surface area contributed by atoms with Gasteiger partial charge in [-0.1, -0.05) is 31.2 Å². The Morgan fingerprint density at radius 2 is 1.90 bits per heavy atom. The van der Waals surface area contributed by atoms with Crippen molar-refractivity contribution in [2.24, 2.45) is 11.8 Å². The van der Waals surface area contributed by atoms with Gasteiger partial charge in [-0.3, -0.25) is 9.59 Å². The number of nitrogens with one attached hydrogen (secondary N) is 1. The fourth-order valence-electron chi connectivity index (χ4n) is 4.38. The highest BCUT2D eigenvalue weighted by Gasteiger charge is 2.47. The number of carbonyl (C=O) groups excluding carboxylic acids is 3. The van der Waals surface area contributed by atoms with Crippen molar-refractivity contribution < 1.29 is 23.9 Å². The van der Waals surface area contributed by atoms with E-state index in [1.165, 1.54) is 7.11 Å². The zero-order valence-corrected chi connectivity index (χ0v) is 17.5. The van der Waals surface area contributed by atoms with E-state index in [4.69, 9.17) is 9.47 Å². The lowest BCUT2D eigenvalue weighted by atomic mass is 9.68. The molecule has 0 bridgehead atoms. The fraction of sp³-hybridized carbons (Fsp3) is 0.435. The van der Waals surface area contributed by atoms with Gasteiger partial charge in [0.1, 0.15) is 5.92 Å². The molecule has 29 heavy (non-hydrogen) atoms. The van der Waals surface area contributed by atoms with Crippen LogP contribution in [0.3, 0.4) is 0 Å². The molecule has 1 aromatic rings. The number of benzene rings is 1. The zero-order chi connectivity index (χ0) is 21.3. The van der Waals surface area contributed by atoms with Gasteiger partial charge in [-0.15, -0.1) is 0 Å². The Hall–Kier alpha value is -2.89. The van der Waals surface area contributed by atoms with E-state index in [9.17, 15) is 14.4 Å². The molecule has 0 amide bonds. The van der Waals surface area contributed by atoms with Crippen molar-refractivity contribution in [1.82, 2.24) is 5.32 Å². The minimum atomic E-state index is -0.881. The highest BCUT2D eigenvalue weighted by Crippen LogP contribution is 2.46. The second-order valence-electron chi connectivity index (χ2n) is 7.61. The molecule has 1 heterocycles. The van der Waals surface area contributed by atoms with Crippen LogP contribution in [0.15, 0.2) is 46.8 Å². The summed E-state index contributed by atoms with van der Waals surface area (Å²) < 4.78 is 10.2. The first-order valence-electron chi connectivity index (χ1n) is 9.87. The quantitative estimate of drug-likeness (QED) is 0.621. The molecular weight excluding hydrogens is 370 g/mol. The molecule has 3 rings (SSSR count). The fourth-order valence-corrected chi connectivity index (χ4v) is 4.38. The third-order valence-corrected chi connectivity index (χ3v) is 5.74. The topological polar surface area (TPSA) is 81.7 Å². The van der Waals surface area contributed by atoms with Gasteiger partial charge in [0, 0.05) is 22.9 Å². The number of allylic oxidation sites excluding steroid dienone is 3. The monoisotopic (exact) mass is 397 g/mol. The van der Waals surface area contributed by atoms with Crippen molar-refractivity contribution in [3.8, 4) is 0 Å². The number of hydrogen-bond donors (Lipinski definition) is 1. The summed E-state index contributed by atoms with van der Waals surface area (Å²) in [5.41, 5.74) is 4.12. The van der Waals surface area contributed by atoms with Crippen LogP contribution in [0, 0.1) is 18.8 Å². The van der Waals surface area contributed by atoms with Crippen LogP contribution in [-0.2, 0) is 23.9 Å². The molecule has 3 unspecified atom stereocenters. The molecule has 0 saturated carbocycles. The number of carbonyl (C=O) groups is 3. The van der Waals surface area contributed by atoms with Crippen molar-refractivity contribution in [2.75, 3.05) is 13.7 Å². The normalized spacial score (nSPS) is 24.0. The first kappa shape index (κ1) is 20.8. The maximum absolute atomic E-state index is 13.5. The van der Waals surface area contributed by atoms with Crippen LogP contribution in [0.4, 0.5) is 0 Å². The van der Waals surface area contributed by atoms with Crippen LogP contribution in [0.2, 0.25) is 0 Å². The van der Waals surface area contributed by atoms with E-state index in [0.29, 0.717) is 23.3 Å². The van der Waals surface area contributed by atoms with E-state index >= 15 is 0 Å². The molecule has 1 aliphatic heterocycles. The van der Waals surface area contributed by atoms with Crippen LogP contribution in [0.25, 0.3) is 0 Å². The smallest absolute Gasteiger partial charge is 0.336 e. The molecule has 0 saturated heterocycles. The summed E-state index contributed by atoms with van der Waals surface area (Å²) in [6.07, 6.45) is 0.524. The summed E-state index contributed by atoms with van der Waals surface area (Å²) in [6, 6.07) is 7.67. The Labute approximate surface area is 171 Å². The van der Waals surface area contributed by atoms with Gasteiger partial charge in [-0.2, -0.15) is 0 Å². The molecule has 0 radical (unpaired) electrons. The number of ether oxygens (including phenoxy) is 2. The number of methoxy groups -OCH3 is 1. The van der Waals surface area contributed by atoms with Crippen LogP contribution in [0.1, 0.15) is 44.2 Å². The molecular formula is C23H27NO5. The van der Waals surface area contributed by atoms with Crippen molar-refractivity contribution >= 4 is 17.7 Å². The van der Waals surface area contributed by atoms with E-state index in [0.717, 1.165) is 16.8 Å². The van der Waals surface area contributed by atoms with E-state index in [1.807, 2.05) is 45.0 Å². The average molecular weight is 397 g/mol. The standard InChI is InChI=1S/C23H27NO5/c1-6-29-23(27)18-14(4)24-16-11-13(3)17(22(26)28-5)21(25)20(16)19(18)15-10-8-7-9-12(15)2/h7-10,13,17,19,24H,6,11H2,1-5H3. The van der Waals surface area contributed by atoms with Gasteiger partial charge in [-0.05, 0) is 44.2 Å². The van der Waals surface area contributed by atoms with E-state index in [-0.39, 0.29) is 18.3 Å². The molecule has 6 heteroatoms. The maximum atomic E-state index is 13.5. The number of hydrogen-bond acceptors (Lipinski definition) is 6. The largest absolute Gasteiger partial charge is 0.468 e. The maximum Gasteiger partial charge on any atom is 0.336 e. The van der Waals surface area contributed by atoms with Crippen molar-refractivity contribution in [1.29, 1.82) is 0 Å². The lowest BCUT2D eigenvalue weighted by Gasteiger charge is -2.38. The van der Waals surface area contributed by atoms with Crippen molar-refractivity contribution in [2.45, 2.75) is 40.0 Å². The van der Waals surface area contributed by atoms with Gasteiger partial charge >= 0.3 is 11.9 Å². The number of ketones is 1. The van der Waals surface area contributed by atoms with Crippen LogP contribution < -0.4 is 5.32 Å². The van der Waals surface area contributed by atoms with Gasteiger partial charge in [0.2, 0.25) is 0 Å². The first-order chi connectivity index (χ1) is 13.8. The predicted octanol–water partition coefficient (Wildman–Crippen LogP) is 3.17. The van der Waals surface area contributed by atoms with Gasteiger partial charge in [0.25, 0.3) is 0 Å². The average Bonchev–Trinajstić information content (AvgIpc) is 2.67. The Balaban J connectivity index is 2.21. The third-order valence-electron chi connectivity index (χ3n) is 5.74. The molecule has 1 N–H and O–H groups in total. The van der Waals surface area contributed by atoms with Gasteiger partial charge in [0.05, 0.1) is 19.3 Å². The van der Waals surface area contributed by atoms with Gasteiger partial charge < -0.3 is 14.8 Å². The minimum Gasteiger partial charge on any atom is -0.468 e. The Bertz CT molecular complexity index is 927. The minimum absolute atomic E-state index is 0.198. The summed E-state index contributed by atoms with van der Waals surface area (Å²) in [4.78, 5) is 38.8. The molecule has 0 fully saturated rings. The number of aryl methyl sites for hydroxylation is 1. The summed E-state index contributed by atoms with van der Waals surface area (Å²) in [5, 5.41) is 3.25. The zero-order valence-electron chi connectivity index (χ0n) is 17.5. The highest BCUT2D eigenvalue weighted by molar-refractivity contribution is 6.12. The summed E-state index contributed by atoms with van der Waals surface area (Å²) >= 11 is 0. The molecule has 154 valence electrons. The third kappa shape index (κ3) is 3.59. The van der Waals surface area contributed by atoms with E-state index < -0.39 is 23.8 Å². The predicted molar refractivity (Wildman–Crippen MR) is 108 cm³/mol. The van der Waals surface area contributed by atoms with Crippen LogP contribution >= 0.6 is 0 Å². The van der Waals surface area contributed by atoms with Gasteiger partial charge in [0.15, 0.2) is 5.78 Å². The second-order valence-corrected chi connectivity index (χ2v) is 7.61. The molecule has 1 aliphatic carbocycles.